The average molecular weight is 361 g/mol. The number of carbonyl (C=O) groups excluding carboxylic acids is 1. The third-order valence-corrected chi connectivity index (χ3v) is 4.86. The zero-order valence-corrected chi connectivity index (χ0v) is 16.3. The highest BCUT2D eigenvalue weighted by Gasteiger charge is 2.11. The van der Waals surface area contributed by atoms with Gasteiger partial charge < -0.3 is 5.32 Å². The van der Waals surface area contributed by atoms with Crippen molar-refractivity contribution in [3.8, 4) is 11.4 Å². The van der Waals surface area contributed by atoms with Gasteiger partial charge in [0.05, 0.1) is 5.75 Å². The van der Waals surface area contributed by atoms with E-state index in [1.54, 1.807) is 0 Å². The van der Waals surface area contributed by atoms with Crippen molar-refractivity contribution in [2.75, 3.05) is 5.75 Å². The van der Waals surface area contributed by atoms with Gasteiger partial charge in [-0.25, -0.2) is 4.98 Å². The minimum absolute atomic E-state index is 0.0277. The second kappa shape index (κ2) is 9.61. The zero-order valence-electron chi connectivity index (χ0n) is 15.5. The molecule has 0 aliphatic carbocycles. The number of rotatable bonds is 9. The minimum Gasteiger partial charge on any atom is -0.353 e. The Morgan fingerprint density at radius 1 is 1.20 bits per heavy atom. The molecule has 0 aliphatic rings. The van der Waals surface area contributed by atoms with E-state index >= 15 is 0 Å². The van der Waals surface area contributed by atoms with Crippen LogP contribution in [0.5, 0.6) is 0 Å². The summed E-state index contributed by atoms with van der Waals surface area (Å²) in [4.78, 5) is 16.5. The smallest absolute Gasteiger partial charge is 0.230 e. The summed E-state index contributed by atoms with van der Waals surface area (Å²) >= 11 is 1.35. The number of aromatic nitrogens is 3. The second-order valence-corrected chi connectivity index (χ2v) is 7.69. The van der Waals surface area contributed by atoms with Gasteiger partial charge in [-0.2, -0.15) is 0 Å². The van der Waals surface area contributed by atoms with E-state index in [0.717, 1.165) is 30.7 Å². The summed E-state index contributed by atoms with van der Waals surface area (Å²) in [5, 5.41) is 10.8. The quantitative estimate of drug-likeness (QED) is 0.661. The van der Waals surface area contributed by atoms with E-state index in [2.05, 4.69) is 60.3 Å². The first kappa shape index (κ1) is 19.5. The lowest BCUT2D eigenvalue weighted by Gasteiger charge is -2.14. The van der Waals surface area contributed by atoms with Gasteiger partial charge in [0.2, 0.25) is 11.1 Å². The van der Waals surface area contributed by atoms with Crippen LogP contribution >= 0.6 is 11.8 Å². The monoisotopic (exact) mass is 360 g/mol. The van der Waals surface area contributed by atoms with Crippen molar-refractivity contribution >= 4 is 17.7 Å². The zero-order chi connectivity index (χ0) is 18.2. The van der Waals surface area contributed by atoms with Crippen LogP contribution in [-0.2, 0) is 11.2 Å². The van der Waals surface area contributed by atoms with E-state index in [0.29, 0.717) is 16.8 Å². The summed E-state index contributed by atoms with van der Waals surface area (Å²) < 4.78 is 0. The second-order valence-electron chi connectivity index (χ2n) is 6.75. The van der Waals surface area contributed by atoms with Crippen molar-refractivity contribution in [1.82, 2.24) is 20.5 Å². The van der Waals surface area contributed by atoms with Crippen LogP contribution < -0.4 is 5.32 Å². The summed E-state index contributed by atoms with van der Waals surface area (Å²) in [6, 6.07) is 8.47. The lowest BCUT2D eigenvalue weighted by molar-refractivity contribution is -0.119. The Morgan fingerprint density at radius 3 is 2.56 bits per heavy atom. The molecule has 0 spiro atoms. The molecular weight excluding hydrogens is 332 g/mol. The number of hydrogen-bond donors (Lipinski definition) is 2. The molecule has 136 valence electrons. The summed E-state index contributed by atoms with van der Waals surface area (Å²) in [5.41, 5.74) is 2.30. The molecule has 0 saturated heterocycles. The number of hydrogen-bond acceptors (Lipinski definition) is 4. The Balaban J connectivity index is 1.81. The summed E-state index contributed by atoms with van der Waals surface area (Å²) in [7, 11) is 0. The van der Waals surface area contributed by atoms with Crippen LogP contribution in [0.2, 0.25) is 0 Å². The molecule has 0 bridgehead atoms. The van der Waals surface area contributed by atoms with E-state index in [9.17, 15) is 4.79 Å². The fraction of sp³-hybridized carbons (Fsp3) is 0.526. The first-order valence-electron chi connectivity index (χ1n) is 8.91. The van der Waals surface area contributed by atoms with Gasteiger partial charge in [0.25, 0.3) is 0 Å². The first-order chi connectivity index (χ1) is 12.0. The Morgan fingerprint density at radius 2 is 1.92 bits per heavy atom. The molecule has 0 aliphatic heterocycles. The lowest BCUT2D eigenvalue weighted by Crippen LogP contribution is -2.34. The van der Waals surface area contributed by atoms with Crippen molar-refractivity contribution in [2.45, 2.75) is 58.2 Å². The number of thioether (sulfide) groups is 1. The number of nitrogens with zero attached hydrogens (tertiary/aromatic N) is 2. The molecule has 1 aromatic heterocycles. The highest BCUT2D eigenvalue weighted by Crippen LogP contribution is 2.19. The summed E-state index contributed by atoms with van der Waals surface area (Å²) in [6.45, 7) is 8.57. The topological polar surface area (TPSA) is 70.7 Å². The molecule has 0 saturated carbocycles. The van der Waals surface area contributed by atoms with E-state index in [-0.39, 0.29) is 11.9 Å². The van der Waals surface area contributed by atoms with Gasteiger partial charge in [-0.1, -0.05) is 56.8 Å². The van der Waals surface area contributed by atoms with Crippen LogP contribution in [0.3, 0.4) is 0 Å². The highest BCUT2D eigenvalue weighted by atomic mass is 32.2. The third-order valence-electron chi connectivity index (χ3n) is 4.02. The Kier molecular flexibility index (Phi) is 7.50. The number of H-pyrrole nitrogens is 1. The molecule has 5 nitrogen and oxygen atoms in total. The number of aromatic amines is 1. The van der Waals surface area contributed by atoms with Gasteiger partial charge in [-0.05, 0) is 37.7 Å². The van der Waals surface area contributed by atoms with Gasteiger partial charge in [0.15, 0.2) is 5.82 Å². The van der Waals surface area contributed by atoms with Crippen LogP contribution in [0.1, 0.15) is 46.1 Å². The molecule has 25 heavy (non-hydrogen) atoms. The fourth-order valence-corrected chi connectivity index (χ4v) is 3.05. The minimum atomic E-state index is 0.0277. The van der Waals surface area contributed by atoms with E-state index < -0.39 is 0 Å². The number of aryl methyl sites for hydroxylation is 1. The Bertz CT molecular complexity index is 666. The van der Waals surface area contributed by atoms with E-state index in [1.165, 1.54) is 17.3 Å². The molecule has 1 heterocycles. The number of nitrogens with one attached hydrogen (secondary N) is 2. The van der Waals surface area contributed by atoms with Gasteiger partial charge in [-0.15, -0.1) is 5.10 Å². The molecular formula is C19H28N4OS. The molecule has 2 aromatic rings. The largest absolute Gasteiger partial charge is 0.353 e. The lowest BCUT2D eigenvalue weighted by atomic mass is 10.0. The fourth-order valence-electron chi connectivity index (χ4n) is 2.44. The molecule has 0 radical (unpaired) electrons. The third kappa shape index (κ3) is 6.53. The first-order valence-corrected chi connectivity index (χ1v) is 9.90. The van der Waals surface area contributed by atoms with E-state index in [1.807, 2.05) is 12.1 Å². The standard InChI is InChI=1S/C19H28N4OS/c1-5-15-8-10-16(11-9-15)18-21-19(23-22-18)25-12-17(24)20-14(4)7-6-13(2)3/h8-11,13-14H,5-7,12H2,1-4H3,(H,20,24)(H,21,22,23)/t14-/m1/s1. The van der Waals surface area contributed by atoms with Crippen molar-refractivity contribution in [3.63, 3.8) is 0 Å². The van der Waals surface area contributed by atoms with Crippen LogP contribution in [0.4, 0.5) is 0 Å². The maximum absolute atomic E-state index is 12.0. The molecule has 0 fully saturated rings. The molecule has 2 rings (SSSR count). The predicted octanol–water partition coefficient (Wildman–Crippen LogP) is 4.07. The maximum Gasteiger partial charge on any atom is 0.230 e. The van der Waals surface area contributed by atoms with Crippen LogP contribution in [0.25, 0.3) is 11.4 Å². The predicted molar refractivity (Wildman–Crippen MR) is 104 cm³/mol. The highest BCUT2D eigenvalue weighted by molar-refractivity contribution is 7.99. The number of amides is 1. The van der Waals surface area contributed by atoms with Crippen molar-refractivity contribution in [1.29, 1.82) is 0 Å². The van der Waals surface area contributed by atoms with Gasteiger partial charge in [0.1, 0.15) is 0 Å². The van der Waals surface area contributed by atoms with Crippen molar-refractivity contribution in [3.05, 3.63) is 29.8 Å². The molecule has 1 atom stereocenters. The van der Waals surface area contributed by atoms with Gasteiger partial charge >= 0.3 is 0 Å². The van der Waals surface area contributed by atoms with Crippen LogP contribution in [-0.4, -0.2) is 32.9 Å². The Hall–Kier alpha value is -1.82. The molecule has 1 amide bonds. The maximum atomic E-state index is 12.0. The van der Waals surface area contributed by atoms with E-state index in [4.69, 9.17) is 0 Å². The van der Waals surface area contributed by atoms with Gasteiger partial charge in [0, 0.05) is 11.6 Å². The molecule has 0 unspecified atom stereocenters. The molecule has 2 N–H and O–H groups in total. The summed E-state index contributed by atoms with van der Waals surface area (Å²) in [5.74, 6) is 1.75. The van der Waals surface area contributed by atoms with Crippen molar-refractivity contribution < 1.29 is 4.79 Å². The average Bonchev–Trinajstić information content (AvgIpc) is 3.07. The number of benzene rings is 1. The van der Waals surface area contributed by atoms with Crippen LogP contribution in [0.15, 0.2) is 29.4 Å². The van der Waals surface area contributed by atoms with Crippen LogP contribution in [0, 0.1) is 5.92 Å². The molecule has 1 aromatic carbocycles. The Labute approximate surface area is 154 Å². The number of carbonyl (C=O) groups is 1. The molecule has 6 heteroatoms. The normalized spacial score (nSPS) is 12.4. The summed E-state index contributed by atoms with van der Waals surface area (Å²) in [6.07, 6.45) is 3.14. The SMILES string of the molecule is CCc1ccc(-c2nc(SCC(=O)N[C@H](C)CCC(C)C)n[nH]2)cc1. The van der Waals surface area contributed by atoms with Crippen molar-refractivity contribution in [2.24, 2.45) is 5.92 Å². The van der Waals surface area contributed by atoms with Gasteiger partial charge in [-0.3, -0.25) is 9.89 Å².